The second kappa shape index (κ2) is 11.3. The lowest BCUT2D eigenvalue weighted by Gasteiger charge is -2.40. The molecule has 1 aliphatic rings. The minimum Gasteiger partial charge on any atom is -0.388 e. The van der Waals surface area contributed by atoms with Crippen molar-refractivity contribution in [3.8, 4) is 6.07 Å². The lowest BCUT2D eigenvalue weighted by molar-refractivity contribution is -0.247. The first-order chi connectivity index (χ1) is 14.8. The normalized spacial score (nSPS) is 26.6. The topological polar surface area (TPSA) is 126 Å². The Balaban J connectivity index is 2.21. The standard InChI is InChI=1S/C23H33N3O5/c1-5-12-26(7-3)16-10-8-15(9-11-16)14(4)17(13-24)22(29)25-19-21(28)20(27)18(6-2)31-23(19)30/h8-11,18-21,23,27-28,30H,5-7,12H2,1-4H3,(H,25,29)/b17-14+/t18-,19-,20-,21-,23?/m1/s1. The summed E-state index contributed by atoms with van der Waals surface area (Å²) >= 11 is 0. The molecule has 1 saturated heterocycles. The Kier molecular flexibility index (Phi) is 9.01. The summed E-state index contributed by atoms with van der Waals surface area (Å²) in [6.07, 6.45) is -3.49. The van der Waals surface area contributed by atoms with Crippen LogP contribution in [-0.2, 0) is 9.53 Å². The molecule has 4 N–H and O–H groups in total. The van der Waals surface area contributed by atoms with E-state index in [-0.39, 0.29) is 5.57 Å². The number of hydrogen-bond acceptors (Lipinski definition) is 7. The van der Waals surface area contributed by atoms with Crippen LogP contribution in [-0.4, -0.2) is 65.0 Å². The summed E-state index contributed by atoms with van der Waals surface area (Å²) in [6, 6.07) is 8.28. The number of anilines is 1. The quantitative estimate of drug-likeness (QED) is 0.363. The van der Waals surface area contributed by atoms with E-state index in [0.29, 0.717) is 12.0 Å². The molecule has 0 aliphatic carbocycles. The number of hydrogen-bond donors (Lipinski definition) is 4. The summed E-state index contributed by atoms with van der Waals surface area (Å²) in [5.74, 6) is -0.751. The van der Waals surface area contributed by atoms with Crippen molar-refractivity contribution in [2.75, 3.05) is 18.0 Å². The Morgan fingerprint density at radius 3 is 2.32 bits per heavy atom. The van der Waals surface area contributed by atoms with Gasteiger partial charge >= 0.3 is 0 Å². The van der Waals surface area contributed by atoms with E-state index >= 15 is 0 Å². The average molecular weight is 432 g/mol. The number of allylic oxidation sites excluding steroid dienone is 1. The highest BCUT2D eigenvalue weighted by Gasteiger charge is 2.44. The van der Waals surface area contributed by atoms with E-state index in [0.717, 1.165) is 30.8 Å². The number of nitriles is 1. The van der Waals surface area contributed by atoms with Gasteiger partial charge in [-0.2, -0.15) is 5.26 Å². The molecule has 1 fully saturated rings. The van der Waals surface area contributed by atoms with Gasteiger partial charge in [0.1, 0.15) is 29.9 Å². The molecule has 1 aromatic rings. The summed E-state index contributed by atoms with van der Waals surface area (Å²) in [6.45, 7) is 9.45. The SMILES string of the molecule is CCCN(CC)c1ccc(/C(C)=C(\C#N)C(=O)N[C@H]2C(O)O[C@H](CC)[C@@H](O)[C@@H]2O)cc1. The molecule has 0 radical (unpaired) electrons. The molecule has 0 bridgehead atoms. The smallest absolute Gasteiger partial charge is 0.262 e. The van der Waals surface area contributed by atoms with E-state index < -0.39 is 36.6 Å². The van der Waals surface area contributed by atoms with E-state index in [1.54, 1.807) is 13.8 Å². The minimum absolute atomic E-state index is 0.139. The second-order valence-electron chi connectivity index (χ2n) is 7.69. The molecule has 0 spiro atoms. The van der Waals surface area contributed by atoms with E-state index in [4.69, 9.17) is 4.74 Å². The largest absolute Gasteiger partial charge is 0.388 e. The summed E-state index contributed by atoms with van der Waals surface area (Å²) in [7, 11) is 0. The number of nitrogens with one attached hydrogen (secondary N) is 1. The van der Waals surface area contributed by atoms with Crippen LogP contribution in [0.2, 0.25) is 0 Å². The maximum atomic E-state index is 12.8. The van der Waals surface area contributed by atoms with Gasteiger partial charge in [0.25, 0.3) is 5.91 Å². The lowest BCUT2D eigenvalue weighted by atomic mass is 9.94. The Bertz CT molecular complexity index is 817. The van der Waals surface area contributed by atoms with Crippen molar-refractivity contribution >= 4 is 17.2 Å². The first-order valence-corrected chi connectivity index (χ1v) is 10.8. The number of ether oxygens (including phenoxy) is 1. The number of amides is 1. The van der Waals surface area contributed by atoms with Crippen molar-refractivity contribution in [2.45, 2.75) is 71.2 Å². The summed E-state index contributed by atoms with van der Waals surface area (Å²) in [5, 5.41) is 42.6. The van der Waals surface area contributed by atoms with Gasteiger partial charge in [0, 0.05) is 18.8 Å². The van der Waals surface area contributed by atoms with E-state index in [2.05, 4.69) is 24.1 Å². The van der Waals surface area contributed by atoms with Crippen molar-refractivity contribution in [3.05, 3.63) is 35.4 Å². The zero-order chi connectivity index (χ0) is 23.1. The molecule has 8 heteroatoms. The minimum atomic E-state index is -1.49. The van der Waals surface area contributed by atoms with Crippen LogP contribution in [0.1, 0.15) is 46.1 Å². The average Bonchev–Trinajstić information content (AvgIpc) is 2.78. The molecule has 5 atom stereocenters. The molecule has 1 heterocycles. The van der Waals surface area contributed by atoms with Crippen molar-refractivity contribution in [2.24, 2.45) is 0 Å². The van der Waals surface area contributed by atoms with E-state index in [1.165, 1.54) is 0 Å². The Morgan fingerprint density at radius 1 is 1.16 bits per heavy atom. The fourth-order valence-corrected chi connectivity index (χ4v) is 3.77. The van der Waals surface area contributed by atoms with E-state index in [9.17, 15) is 25.4 Å². The van der Waals surface area contributed by atoms with Crippen LogP contribution in [0.4, 0.5) is 5.69 Å². The molecule has 170 valence electrons. The first kappa shape index (κ1) is 24.8. The molecule has 1 unspecified atom stereocenters. The van der Waals surface area contributed by atoms with Crippen LogP contribution in [0.3, 0.4) is 0 Å². The Labute approximate surface area is 183 Å². The van der Waals surface area contributed by atoms with Crippen LogP contribution in [0.15, 0.2) is 29.8 Å². The highest BCUT2D eigenvalue weighted by molar-refractivity contribution is 6.04. The summed E-state index contributed by atoms with van der Waals surface area (Å²) < 4.78 is 5.28. The number of carbonyl (C=O) groups excluding carboxylic acids is 1. The van der Waals surface area contributed by atoms with Crippen molar-refractivity contribution in [1.29, 1.82) is 5.26 Å². The van der Waals surface area contributed by atoms with Crippen LogP contribution in [0.5, 0.6) is 0 Å². The van der Waals surface area contributed by atoms with E-state index in [1.807, 2.05) is 30.3 Å². The van der Waals surface area contributed by atoms with Crippen LogP contribution >= 0.6 is 0 Å². The van der Waals surface area contributed by atoms with Gasteiger partial charge in [-0.15, -0.1) is 0 Å². The number of rotatable bonds is 8. The number of aliphatic hydroxyl groups is 3. The van der Waals surface area contributed by atoms with Gasteiger partial charge in [0.2, 0.25) is 0 Å². The highest BCUT2D eigenvalue weighted by Crippen LogP contribution is 2.25. The number of carbonyl (C=O) groups is 1. The zero-order valence-corrected chi connectivity index (χ0v) is 18.6. The van der Waals surface area contributed by atoms with Crippen LogP contribution < -0.4 is 10.2 Å². The molecule has 2 rings (SSSR count). The van der Waals surface area contributed by atoms with Gasteiger partial charge in [-0.25, -0.2) is 0 Å². The summed E-state index contributed by atoms with van der Waals surface area (Å²) in [5.41, 5.74) is 2.11. The van der Waals surface area contributed by atoms with Crippen LogP contribution in [0, 0.1) is 11.3 Å². The number of benzene rings is 1. The van der Waals surface area contributed by atoms with Gasteiger partial charge in [0.15, 0.2) is 6.29 Å². The number of nitrogens with zero attached hydrogens (tertiary/aromatic N) is 2. The molecule has 0 aromatic heterocycles. The summed E-state index contributed by atoms with van der Waals surface area (Å²) in [4.78, 5) is 15.0. The van der Waals surface area contributed by atoms with Gasteiger partial charge < -0.3 is 30.3 Å². The highest BCUT2D eigenvalue weighted by atomic mass is 16.6. The molecule has 31 heavy (non-hydrogen) atoms. The molecule has 1 amide bonds. The van der Waals surface area contributed by atoms with Gasteiger partial charge in [-0.3, -0.25) is 4.79 Å². The third kappa shape index (κ3) is 5.63. The zero-order valence-electron chi connectivity index (χ0n) is 18.6. The van der Waals surface area contributed by atoms with Gasteiger partial charge in [-0.05, 0) is 50.0 Å². The Hall–Kier alpha value is -2.44. The monoisotopic (exact) mass is 431 g/mol. The lowest BCUT2D eigenvalue weighted by Crippen LogP contribution is -2.63. The molecular weight excluding hydrogens is 398 g/mol. The molecule has 1 aromatic carbocycles. The maximum Gasteiger partial charge on any atom is 0.262 e. The number of aliphatic hydroxyl groups excluding tert-OH is 3. The molecule has 8 nitrogen and oxygen atoms in total. The maximum absolute atomic E-state index is 12.8. The van der Waals surface area contributed by atoms with Gasteiger partial charge in [-0.1, -0.05) is 26.0 Å². The third-order valence-electron chi connectivity index (χ3n) is 5.67. The van der Waals surface area contributed by atoms with Crippen LogP contribution in [0.25, 0.3) is 5.57 Å². The second-order valence-corrected chi connectivity index (χ2v) is 7.69. The molecule has 1 aliphatic heterocycles. The first-order valence-electron chi connectivity index (χ1n) is 10.8. The molecule has 0 saturated carbocycles. The predicted octanol–water partition coefficient (Wildman–Crippen LogP) is 1.55. The van der Waals surface area contributed by atoms with Crippen molar-refractivity contribution in [3.63, 3.8) is 0 Å². The Morgan fingerprint density at radius 2 is 1.81 bits per heavy atom. The van der Waals surface area contributed by atoms with Gasteiger partial charge in [0.05, 0.1) is 6.10 Å². The van der Waals surface area contributed by atoms with Crippen molar-refractivity contribution < 1.29 is 24.9 Å². The fraction of sp³-hybridized carbons (Fsp3) is 0.565. The third-order valence-corrected chi connectivity index (χ3v) is 5.67. The molecular formula is C23H33N3O5. The fourth-order valence-electron chi connectivity index (χ4n) is 3.77. The van der Waals surface area contributed by atoms with Crippen molar-refractivity contribution in [1.82, 2.24) is 5.32 Å². The predicted molar refractivity (Wildman–Crippen MR) is 118 cm³/mol.